The van der Waals surface area contributed by atoms with E-state index in [1.807, 2.05) is 7.05 Å². The van der Waals surface area contributed by atoms with Crippen LogP contribution in [0.4, 0.5) is 0 Å². The summed E-state index contributed by atoms with van der Waals surface area (Å²) in [6, 6.07) is 1.93. The second kappa shape index (κ2) is 9.62. The first-order valence-corrected chi connectivity index (χ1v) is 9.87. The molecule has 140 valence electrons. The SMILES string of the molecule is CN=C(NCC(CC(C)C)N(C)C)NC1CCN(C2CCCC2)C1. The van der Waals surface area contributed by atoms with Gasteiger partial charge in [0.1, 0.15) is 0 Å². The van der Waals surface area contributed by atoms with E-state index in [0.717, 1.165) is 18.5 Å². The fraction of sp³-hybridized carbons (Fsp3) is 0.947. The van der Waals surface area contributed by atoms with Gasteiger partial charge in [-0.05, 0) is 45.7 Å². The summed E-state index contributed by atoms with van der Waals surface area (Å²) >= 11 is 0. The highest BCUT2D eigenvalue weighted by atomic mass is 15.3. The first kappa shape index (κ1) is 19.5. The second-order valence-corrected chi connectivity index (χ2v) is 8.26. The molecule has 0 amide bonds. The van der Waals surface area contributed by atoms with Crippen LogP contribution in [0, 0.1) is 5.92 Å². The fourth-order valence-corrected chi connectivity index (χ4v) is 4.13. The van der Waals surface area contributed by atoms with E-state index in [4.69, 9.17) is 0 Å². The topological polar surface area (TPSA) is 42.9 Å². The van der Waals surface area contributed by atoms with Crippen LogP contribution in [0.15, 0.2) is 4.99 Å². The largest absolute Gasteiger partial charge is 0.355 e. The Morgan fingerprint density at radius 1 is 1.21 bits per heavy atom. The number of hydrogen-bond acceptors (Lipinski definition) is 3. The van der Waals surface area contributed by atoms with Gasteiger partial charge < -0.3 is 15.5 Å². The molecule has 0 aromatic carbocycles. The summed E-state index contributed by atoms with van der Waals surface area (Å²) in [6.45, 7) is 7.95. The van der Waals surface area contributed by atoms with Crippen molar-refractivity contribution in [2.45, 2.75) is 70.5 Å². The van der Waals surface area contributed by atoms with E-state index in [1.165, 1.54) is 51.6 Å². The Labute approximate surface area is 149 Å². The van der Waals surface area contributed by atoms with Crippen molar-refractivity contribution in [2.24, 2.45) is 10.9 Å². The summed E-state index contributed by atoms with van der Waals surface area (Å²) in [7, 11) is 6.22. The van der Waals surface area contributed by atoms with Gasteiger partial charge in [0.25, 0.3) is 0 Å². The summed E-state index contributed by atoms with van der Waals surface area (Å²) in [5.74, 6) is 1.67. The molecule has 2 rings (SSSR count). The Bertz CT molecular complexity index is 387. The lowest BCUT2D eigenvalue weighted by atomic mass is 10.0. The number of likely N-dealkylation sites (tertiary alicyclic amines) is 1. The maximum atomic E-state index is 4.44. The summed E-state index contributed by atoms with van der Waals surface area (Å²) in [6.07, 6.45) is 8.09. The van der Waals surface area contributed by atoms with Gasteiger partial charge in [-0.3, -0.25) is 9.89 Å². The van der Waals surface area contributed by atoms with Gasteiger partial charge in [-0.15, -0.1) is 0 Å². The molecule has 0 radical (unpaired) electrons. The van der Waals surface area contributed by atoms with Crippen molar-refractivity contribution < 1.29 is 0 Å². The lowest BCUT2D eigenvalue weighted by Crippen LogP contribution is -2.49. The van der Waals surface area contributed by atoms with Crippen molar-refractivity contribution in [1.82, 2.24) is 20.4 Å². The van der Waals surface area contributed by atoms with E-state index in [0.29, 0.717) is 18.0 Å². The lowest BCUT2D eigenvalue weighted by molar-refractivity contribution is 0.241. The quantitative estimate of drug-likeness (QED) is 0.552. The van der Waals surface area contributed by atoms with E-state index >= 15 is 0 Å². The number of rotatable bonds is 7. The number of nitrogens with one attached hydrogen (secondary N) is 2. The van der Waals surface area contributed by atoms with Crippen molar-refractivity contribution in [3.05, 3.63) is 0 Å². The minimum atomic E-state index is 0.541. The fourth-order valence-electron chi connectivity index (χ4n) is 4.13. The van der Waals surface area contributed by atoms with Gasteiger partial charge >= 0.3 is 0 Å². The molecule has 2 aliphatic rings. The number of aliphatic imine (C=N–C) groups is 1. The van der Waals surface area contributed by atoms with Gasteiger partial charge in [-0.1, -0.05) is 26.7 Å². The molecule has 1 aliphatic heterocycles. The van der Waals surface area contributed by atoms with Crippen LogP contribution in [0.2, 0.25) is 0 Å². The molecular formula is C19H39N5. The molecule has 24 heavy (non-hydrogen) atoms. The molecule has 2 unspecified atom stereocenters. The van der Waals surface area contributed by atoms with Crippen LogP contribution in [0.3, 0.4) is 0 Å². The van der Waals surface area contributed by atoms with E-state index in [9.17, 15) is 0 Å². The zero-order chi connectivity index (χ0) is 17.5. The molecule has 0 aromatic rings. The maximum absolute atomic E-state index is 4.44. The highest BCUT2D eigenvalue weighted by Gasteiger charge is 2.30. The van der Waals surface area contributed by atoms with E-state index < -0.39 is 0 Å². The number of likely N-dealkylation sites (N-methyl/N-ethyl adjacent to an activating group) is 1. The molecule has 0 aromatic heterocycles. The Morgan fingerprint density at radius 3 is 2.50 bits per heavy atom. The van der Waals surface area contributed by atoms with Crippen LogP contribution in [-0.4, -0.2) is 74.7 Å². The van der Waals surface area contributed by atoms with Crippen LogP contribution in [0.25, 0.3) is 0 Å². The normalized spacial score (nSPS) is 25.0. The molecule has 1 saturated heterocycles. The Morgan fingerprint density at radius 2 is 1.92 bits per heavy atom. The van der Waals surface area contributed by atoms with Crippen LogP contribution < -0.4 is 10.6 Å². The molecule has 0 spiro atoms. The maximum Gasteiger partial charge on any atom is 0.191 e. The van der Waals surface area contributed by atoms with E-state index in [-0.39, 0.29) is 0 Å². The Kier molecular flexibility index (Phi) is 7.82. The van der Waals surface area contributed by atoms with Crippen molar-refractivity contribution in [3.63, 3.8) is 0 Å². The van der Waals surface area contributed by atoms with Crippen molar-refractivity contribution in [3.8, 4) is 0 Å². The first-order chi connectivity index (χ1) is 11.5. The number of hydrogen-bond donors (Lipinski definition) is 2. The average molecular weight is 338 g/mol. The van der Waals surface area contributed by atoms with Gasteiger partial charge in [0.15, 0.2) is 5.96 Å². The molecule has 2 fully saturated rings. The third-order valence-electron chi connectivity index (χ3n) is 5.60. The van der Waals surface area contributed by atoms with Crippen LogP contribution >= 0.6 is 0 Å². The molecule has 2 atom stereocenters. The van der Waals surface area contributed by atoms with Crippen LogP contribution in [0.1, 0.15) is 52.4 Å². The molecule has 1 saturated carbocycles. The monoisotopic (exact) mass is 337 g/mol. The van der Waals surface area contributed by atoms with Crippen LogP contribution in [0.5, 0.6) is 0 Å². The van der Waals surface area contributed by atoms with Crippen molar-refractivity contribution in [2.75, 3.05) is 40.8 Å². The zero-order valence-corrected chi connectivity index (χ0v) is 16.5. The lowest BCUT2D eigenvalue weighted by Gasteiger charge is -2.28. The smallest absolute Gasteiger partial charge is 0.191 e. The number of guanidine groups is 1. The Balaban J connectivity index is 1.75. The van der Waals surface area contributed by atoms with Gasteiger partial charge in [0.2, 0.25) is 0 Å². The molecule has 1 aliphatic carbocycles. The van der Waals surface area contributed by atoms with E-state index in [2.05, 4.69) is 53.4 Å². The minimum absolute atomic E-state index is 0.541. The predicted octanol–water partition coefficient (Wildman–Crippen LogP) is 2.14. The van der Waals surface area contributed by atoms with E-state index in [1.54, 1.807) is 0 Å². The second-order valence-electron chi connectivity index (χ2n) is 8.26. The van der Waals surface area contributed by atoms with Gasteiger partial charge in [-0.2, -0.15) is 0 Å². The molecule has 5 nitrogen and oxygen atoms in total. The summed E-state index contributed by atoms with van der Waals surface area (Å²) in [5.41, 5.74) is 0. The highest BCUT2D eigenvalue weighted by molar-refractivity contribution is 5.80. The molecule has 1 heterocycles. The molecule has 0 bridgehead atoms. The highest BCUT2D eigenvalue weighted by Crippen LogP contribution is 2.26. The summed E-state index contributed by atoms with van der Waals surface area (Å²) < 4.78 is 0. The Hall–Kier alpha value is -0.810. The summed E-state index contributed by atoms with van der Waals surface area (Å²) in [5, 5.41) is 7.19. The third-order valence-corrected chi connectivity index (χ3v) is 5.60. The average Bonchev–Trinajstić information content (AvgIpc) is 3.20. The van der Waals surface area contributed by atoms with Crippen LogP contribution in [-0.2, 0) is 0 Å². The minimum Gasteiger partial charge on any atom is -0.355 e. The molecule has 2 N–H and O–H groups in total. The number of nitrogens with zero attached hydrogens (tertiary/aromatic N) is 3. The van der Waals surface area contributed by atoms with Crippen molar-refractivity contribution >= 4 is 5.96 Å². The van der Waals surface area contributed by atoms with Gasteiger partial charge in [0, 0.05) is 44.8 Å². The summed E-state index contributed by atoms with van der Waals surface area (Å²) in [4.78, 5) is 9.45. The van der Waals surface area contributed by atoms with Gasteiger partial charge in [-0.25, -0.2) is 0 Å². The standard InChI is InChI=1S/C19H39N5/c1-15(2)12-18(23(4)5)13-21-19(20-3)22-16-10-11-24(14-16)17-8-6-7-9-17/h15-18H,6-14H2,1-5H3,(H2,20,21,22). The van der Waals surface area contributed by atoms with Crippen molar-refractivity contribution in [1.29, 1.82) is 0 Å². The third kappa shape index (κ3) is 5.92. The molecule has 5 heteroatoms. The first-order valence-electron chi connectivity index (χ1n) is 9.87. The predicted molar refractivity (Wildman–Crippen MR) is 104 cm³/mol. The zero-order valence-electron chi connectivity index (χ0n) is 16.5. The van der Waals surface area contributed by atoms with Gasteiger partial charge in [0.05, 0.1) is 0 Å². The molecular weight excluding hydrogens is 298 g/mol.